The molecule has 0 atom stereocenters. The molecule has 0 N–H and O–H groups in total. The predicted octanol–water partition coefficient (Wildman–Crippen LogP) is 10.0. The highest BCUT2D eigenvalue weighted by molar-refractivity contribution is 5.90. The zero-order valence-electron chi connectivity index (χ0n) is 24.6. The van der Waals surface area contributed by atoms with E-state index in [0.717, 1.165) is 50.0 Å². The molecule has 1 aliphatic rings. The van der Waals surface area contributed by atoms with Crippen LogP contribution < -0.4 is 0 Å². The Hall–Kier alpha value is -2.30. The second-order valence-electron chi connectivity index (χ2n) is 11.6. The molecule has 1 aromatic carbocycles. The molecule has 1 aliphatic carbocycles. The molecule has 0 saturated heterocycles. The molecule has 1 heterocycles. The fourth-order valence-corrected chi connectivity index (χ4v) is 5.71. The van der Waals surface area contributed by atoms with E-state index in [1.54, 1.807) is 6.07 Å². The van der Waals surface area contributed by atoms with Crippen LogP contribution >= 0.6 is 0 Å². The number of nitrogens with zero attached hydrogens (tertiary/aromatic N) is 2. The Morgan fingerprint density at radius 2 is 1.41 bits per heavy atom. The normalized spacial score (nSPS) is 17.3. The van der Waals surface area contributed by atoms with Crippen LogP contribution in [0, 0.1) is 11.7 Å². The second-order valence-corrected chi connectivity index (χ2v) is 11.6. The Labute approximate surface area is 236 Å². The van der Waals surface area contributed by atoms with Gasteiger partial charge in [-0.2, -0.15) is 0 Å². The molecular weight excluding hydrogens is 487 g/mol. The van der Waals surface area contributed by atoms with Crippen molar-refractivity contribution in [1.29, 1.82) is 0 Å². The number of ether oxygens (including phenoxy) is 1. The van der Waals surface area contributed by atoms with Gasteiger partial charge in [0.2, 0.25) is 0 Å². The highest BCUT2D eigenvalue weighted by atomic mass is 19.1. The number of hydrogen-bond acceptors (Lipinski definition) is 4. The first-order valence-corrected chi connectivity index (χ1v) is 15.9. The van der Waals surface area contributed by atoms with E-state index in [-0.39, 0.29) is 11.7 Å². The van der Waals surface area contributed by atoms with Gasteiger partial charge < -0.3 is 4.74 Å². The first kappa shape index (κ1) is 31.2. The van der Waals surface area contributed by atoms with Crippen LogP contribution in [0.5, 0.6) is 0 Å². The van der Waals surface area contributed by atoms with Crippen molar-refractivity contribution in [1.82, 2.24) is 9.97 Å². The summed E-state index contributed by atoms with van der Waals surface area (Å²) in [5, 5.41) is 0. The average Bonchev–Trinajstić information content (AvgIpc) is 2.95. The minimum Gasteiger partial charge on any atom is -0.459 e. The largest absolute Gasteiger partial charge is 0.459 e. The number of rotatable bonds is 18. The van der Waals surface area contributed by atoms with E-state index < -0.39 is 11.8 Å². The molecule has 0 unspecified atom stereocenters. The molecule has 3 rings (SSSR count). The monoisotopic (exact) mass is 538 g/mol. The van der Waals surface area contributed by atoms with E-state index in [1.807, 2.05) is 12.4 Å². The Bertz CT molecular complexity index is 954. The number of hydrogen-bond donors (Lipinski definition) is 0. The van der Waals surface area contributed by atoms with Crippen molar-refractivity contribution in [3.8, 4) is 11.4 Å². The number of carbonyl (C=O) groups is 1. The van der Waals surface area contributed by atoms with Gasteiger partial charge in [-0.05, 0) is 62.1 Å². The summed E-state index contributed by atoms with van der Waals surface area (Å²) in [6.07, 6.45) is 26.7. The lowest BCUT2D eigenvalue weighted by Gasteiger charge is -2.28. The van der Waals surface area contributed by atoms with Gasteiger partial charge in [0.05, 0.1) is 5.56 Å². The Kier molecular flexibility index (Phi) is 14.5. The van der Waals surface area contributed by atoms with E-state index in [9.17, 15) is 9.18 Å². The minimum absolute atomic E-state index is 0.0105. The minimum atomic E-state index is -0.579. The van der Waals surface area contributed by atoms with Crippen molar-refractivity contribution in [3.63, 3.8) is 0 Å². The summed E-state index contributed by atoms with van der Waals surface area (Å²) < 4.78 is 20.6. The molecule has 2 aromatic rings. The van der Waals surface area contributed by atoms with Crippen LogP contribution in [-0.4, -0.2) is 22.0 Å². The maximum Gasteiger partial charge on any atom is 0.341 e. The zero-order valence-corrected chi connectivity index (χ0v) is 24.6. The lowest BCUT2D eigenvalue weighted by atomic mass is 9.84. The van der Waals surface area contributed by atoms with Crippen LogP contribution in [0.4, 0.5) is 4.39 Å². The number of aryl methyl sites for hydroxylation is 1. The molecule has 0 amide bonds. The quantitative estimate of drug-likeness (QED) is 0.140. The van der Waals surface area contributed by atoms with Crippen molar-refractivity contribution in [2.45, 2.75) is 142 Å². The van der Waals surface area contributed by atoms with Crippen LogP contribution in [0.2, 0.25) is 0 Å². The van der Waals surface area contributed by atoms with E-state index in [1.165, 1.54) is 95.6 Å². The Morgan fingerprint density at radius 1 is 0.821 bits per heavy atom. The summed E-state index contributed by atoms with van der Waals surface area (Å²) in [5.41, 5.74) is 1.66. The van der Waals surface area contributed by atoms with Gasteiger partial charge >= 0.3 is 5.97 Å². The predicted molar refractivity (Wildman–Crippen MR) is 158 cm³/mol. The van der Waals surface area contributed by atoms with Crippen molar-refractivity contribution in [3.05, 3.63) is 47.5 Å². The molecule has 5 heteroatoms. The molecule has 0 radical (unpaired) electrons. The van der Waals surface area contributed by atoms with Crippen LogP contribution in [0.15, 0.2) is 30.6 Å². The standard InChI is InChI=1S/C34H51FN2O2/c1-3-5-7-9-11-13-14-16-27-18-21-30(22-19-27)39-34(38)31-23-20-29(24-32(31)35)33-36-25-28(26-37-33)17-15-12-10-8-6-4-2/h20,23-27,30H,3-19,21-22H2,1-2H3/t27-,30-. The van der Waals surface area contributed by atoms with E-state index in [4.69, 9.17) is 4.74 Å². The number of unbranched alkanes of at least 4 members (excludes halogenated alkanes) is 11. The van der Waals surface area contributed by atoms with Gasteiger partial charge in [-0.15, -0.1) is 0 Å². The molecule has 0 aliphatic heterocycles. The maximum atomic E-state index is 14.9. The summed E-state index contributed by atoms with van der Waals surface area (Å²) in [6, 6.07) is 4.56. The fourth-order valence-electron chi connectivity index (χ4n) is 5.71. The lowest BCUT2D eigenvalue weighted by molar-refractivity contribution is 0.0156. The third kappa shape index (κ3) is 11.4. The molecule has 216 valence electrons. The molecule has 1 saturated carbocycles. The molecule has 0 spiro atoms. The smallest absolute Gasteiger partial charge is 0.341 e. The van der Waals surface area contributed by atoms with Crippen molar-refractivity contribution in [2.75, 3.05) is 0 Å². The third-order valence-electron chi connectivity index (χ3n) is 8.25. The van der Waals surface area contributed by atoms with Crippen LogP contribution in [0.3, 0.4) is 0 Å². The molecule has 1 aromatic heterocycles. The molecule has 39 heavy (non-hydrogen) atoms. The molecule has 0 bridgehead atoms. The highest BCUT2D eigenvalue weighted by Crippen LogP contribution is 2.31. The second kappa shape index (κ2) is 18.1. The van der Waals surface area contributed by atoms with Crippen LogP contribution in [0.1, 0.15) is 145 Å². The third-order valence-corrected chi connectivity index (χ3v) is 8.25. The van der Waals surface area contributed by atoms with Crippen molar-refractivity contribution < 1.29 is 13.9 Å². The Balaban J connectivity index is 1.38. The first-order chi connectivity index (χ1) is 19.1. The number of carbonyl (C=O) groups excluding carboxylic acids is 1. The Morgan fingerprint density at radius 3 is 2.03 bits per heavy atom. The lowest BCUT2D eigenvalue weighted by Crippen LogP contribution is -2.25. The average molecular weight is 539 g/mol. The number of esters is 1. The van der Waals surface area contributed by atoms with Gasteiger partial charge in [-0.1, -0.05) is 103 Å². The summed E-state index contributed by atoms with van der Waals surface area (Å²) in [5.74, 6) is 0.0678. The SMILES string of the molecule is CCCCCCCCC[C@H]1CC[C@H](OC(=O)c2ccc(-c3ncc(CCCCCCCC)cn3)cc2F)CC1. The zero-order chi connectivity index (χ0) is 27.7. The maximum absolute atomic E-state index is 14.9. The van der Waals surface area contributed by atoms with E-state index in [2.05, 4.69) is 23.8 Å². The fraction of sp³-hybridized carbons (Fsp3) is 0.676. The summed E-state index contributed by atoms with van der Waals surface area (Å²) in [4.78, 5) is 21.6. The molecule has 1 fully saturated rings. The van der Waals surface area contributed by atoms with Gasteiger partial charge in [0.25, 0.3) is 0 Å². The van der Waals surface area contributed by atoms with Gasteiger partial charge in [0.1, 0.15) is 11.9 Å². The highest BCUT2D eigenvalue weighted by Gasteiger charge is 2.25. The van der Waals surface area contributed by atoms with Crippen LogP contribution in [-0.2, 0) is 11.2 Å². The van der Waals surface area contributed by atoms with Gasteiger partial charge in [-0.3, -0.25) is 0 Å². The summed E-state index contributed by atoms with van der Waals surface area (Å²) in [6.45, 7) is 4.49. The number of benzene rings is 1. The van der Waals surface area contributed by atoms with E-state index >= 15 is 0 Å². The van der Waals surface area contributed by atoms with Crippen molar-refractivity contribution >= 4 is 5.97 Å². The molecule has 4 nitrogen and oxygen atoms in total. The van der Waals surface area contributed by atoms with Crippen molar-refractivity contribution in [2.24, 2.45) is 5.92 Å². The summed E-state index contributed by atoms with van der Waals surface area (Å²) >= 11 is 0. The van der Waals surface area contributed by atoms with Crippen LogP contribution in [0.25, 0.3) is 11.4 Å². The van der Waals surface area contributed by atoms with Gasteiger partial charge in [0.15, 0.2) is 5.82 Å². The number of halogens is 1. The van der Waals surface area contributed by atoms with Gasteiger partial charge in [0, 0.05) is 18.0 Å². The van der Waals surface area contributed by atoms with E-state index in [0.29, 0.717) is 11.4 Å². The van der Waals surface area contributed by atoms with Gasteiger partial charge in [-0.25, -0.2) is 19.2 Å². The first-order valence-electron chi connectivity index (χ1n) is 15.9. The topological polar surface area (TPSA) is 52.1 Å². The molecular formula is C34H51FN2O2. The number of aromatic nitrogens is 2. The summed E-state index contributed by atoms with van der Waals surface area (Å²) in [7, 11) is 0.